The maximum Gasteiger partial charge on any atom is 0.243 e. The van der Waals surface area contributed by atoms with Crippen molar-refractivity contribution >= 4 is 27.5 Å². The van der Waals surface area contributed by atoms with Crippen LogP contribution >= 0.6 is 11.6 Å². The Labute approximate surface area is 149 Å². The molecule has 7 heteroatoms. The van der Waals surface area contributed by atoms with Crippen molar-refractivity contribution in [1.82, 2.24) is 9.62 Å². The van der Waals surface area contributed by atoms with E-state index in [0.717, 1.165) is 12.8 Å². The minimum atomic E-state index is -3.75. The van der Waals surface area contributed by atoms with Gasteiger partial charge in [-0.3, -0.25) is 4.79 Å². The zero-order valence-electron chi connectivity index (χ0n) is 14.2. The maximum absolute atomic E-state index is 13.1. The smallest absolute Gasteiger partial charge is 0.243 e. The predicted molar refractivity (Wildman–Crippen MR) is 95.4 cm³/mol. The van der Waals surface area contributed by atoms with E-state index < -0.39 is 16.1 Å². The Morgan fingerprint density at radius 2 is 1.92 bits per heavy atom. The second-order valence-corrected chi connectivity index (χ2v) is 8.88. The Morgan fingerprint density at radius 1 is 1.25 bits per heavy atom. The minimum absolute atomic E-state index is 0.174. The molecule has 134 valence electrons. The van der Waals surface area contributed by atoms with Crippen LogP contribution in [0.25, 0.3) is 0 Å². The molecule has 24 heavy (non-hydrogen) atoms. The van der Waals surface area contributed by atoms with Gasteiger partial charge in [-0.05, 0) is 55.9 Å². The lowest BCUT2D eigenvalue weighted by molar-refractivity contribution is -0.124. The molecule has 1 N–H and O–H groups in total. The molecule has 0 aliphatic carbocycles. The quantitative estimate of drug-likeness (QED) is 0.834. The Hall–Kier alpha value is -1.11. The van der Waals surface area contributed by atoms with E-state index in [2.05, 4.69) is 5.32 Å². The standard InChI is InChI=1S/C17H25ClN2O3S/c1-13(2)10-12-20(16-5-3-4-11-19-17(16)21)24(22,23)15-8-6-14(18)7-9-15/h6-9,13,16H,3-5,10-12H2,1-2H3,(H,19,21). The summed E-state index contributed by atoms with van der Waals surface area (Å²) in [5, 5.41) is 3.31. The molecule has 1 heterocycles. The number of sulfonamides is 1. The predicted octanol–water partition coefficient (Wildman–Crippen LogP) is 3.05. The lowest BCUT2D eigenvalue weighted by atomic mass is 10.1. The molecule has 1 saturated heterocycles. The van der Waals surface area contributed by atoms with Crippen LogP contribution in [0, 0.1) is 5.92 Å². The molecule has 1 unspecified atom stereocenters. The highest BCUT2D eigenvalue weighted by Crippen LogP contribution is 2.24. The van der Waals surface area contributed by atoms with Crippen molar-refractivity contribution in [2.75, 3.05) is 13.1 Å². The van der Waals surface area contributed by atoms with E-state index in [1.54, 1.807) is 12.1 Å². The summed E-state index contributed by atoms with van der Waals surface area (Å²) in [7, 11) is -3.75. The van der Waals surface area contributed by atoms with Gasteiger partial charge in [0.25, 0.3) is 0 Å². The minimum Gasteiger partial charge on any atom is -0.355 e. The fraction of sp³-hybridized carbons (Fsp3) is 0.588. The first kappa shape index (κ1) is 19.2. The largest absolute Gasteiger partial charge is 0.355 e. The first-order valence-electron chi connectivity index (χ1n) is 8.37. The van der Waals surface area contributed by atoms with Gasteiger partial charge in [-0.25, -0.2) is 8.42 Å². The number of nitrogens with one attached hydrogen (secondary N) is 1. The van der Waals surface area contributed by atoms with Crippen molar-refractivity contribution in [2.45, 2.75) is 50.5 Å². The first-order valence-corrected chi connectivity index (χ1v) is 10.2. The summed E-state index contributed by atoms with van der Waals surface area (Å²) in [6, 6.07) is 5.46. The topological polar surface area (TPSA) is 66.5 Å². The zero-order chi connectivity index (χ0) is 17.7. The summed E-state index contributed by atoms with van der Waals surface area (Å²) in [6.45, 7) is 5.02. The van der Waals surface area contributed by atoms with Crippen LogP contribution in [0.4, 0.5) is 0 Å². The summed E-state index contributed by atoms with van der Waals surface area (Å²) in [4.78, 5) is 12.6. The Morgan fingerprint density at radius 3 is 2.54 bits per heavy atom. The number of carbonyl (C=O) groups is 1. The zero-order valence-corrected chi connectivity index (χ0v) is 15.7. The fourth-order valence-electron chi connectivity index (χ4n) is 2.77. The number of amides is 1. The van der Waals surface area contributed by atoms with Crippen LogP contribution in [-0.2, 0) is 14.8 Å². The third-order valence-corrected chi connectivity index (χ3v) is 6.38. The third kappa shape index (κ3) is 4.71. The molecule has 0 radical (unpaired) electrons. The van der Waals surface area contributed by atoms with Crippen LogP contribution in [0.1, 0.15) is 39.5 Å². The molecule has 1 atom stereocenters. The number of halogens is 1. The lowest BCUT2D eigenvalue weighted by Gasteiger charge is -2.29. The van der Waals surface area contributed by atoms with Crippen molar-refractivity contribution in [3.8, 4) is 0 Å². The second kappa shape index (κ2) is 8.32. The van der Waals surface area contributed by atoms with Crippen LogP contribution < -0.4 is 5.32 Å². The molecule has 1 aliphatic heterocycles. The molecule has 1 aromatic rings. The summed E-state index contributed by atoms with van der Waals surface area (Å²) < 4.78 is 27.6. The highest BCUT2D eigenvalue weighted by molar-refractivity contribution is 7.89. The van der Waals surface area contributed by atoms with Gasteiger partial charge in [-0.2, -0.15) is 4.31 Å². The molecule has 5 nitrogen and oxygen atoms in total. The average molecular weight is 373 g/mol. The van der Waals surface area contributed by atoms with Crippen LogP contribution in [0.5, 0.6) is 0 Å². The molecular weight excluding hydrogens is 348 g/mol. The summed E-state index contributed by atoms with van der Waals surface area (Å²) in [6.07, 6.45) is 2.96. The molecule has 1 aliphatic rings. The van der Waals surface area contributed by atoms with Gasteiger partial charge in [-0.1, -0.05) is 25.4 Å². The van der Waals surface area contributed by atoms with Crippen molar-refractivity contribution in [3.63, 3.8) is 0 Å². The van der Waals surface area contributed by atoms with Gasteiger partial charge in [0.05, 0.1) is 4.90 Å². The van der Waals surface area contributed by atoms with E-state index >= 15 is 0 Å². The van der Waals surface area contributed by atoms with Gasteiger partial charge in [-0.15, -0.1) is 0 Å². The number of hydrogen-bond donors (Lipinski definition) is 1. The highest BCUT2D eigenvalue weighted by Gasteiger charge is 2.36. The summed E-state index contributed by atoms with van der Waals surface area (Å²) >= 11 is 5.86. The Kier molecular flexibility index (Phi) is 6.66. The van der Waals surface area contributed by atoms with E-state index in [1.807, 2.05) is 13.8 Å². The van der Waals surface area contributed by atoms with E-state index in [-0.39, 0.29) is 10.8 Å². The Balaban J connectivity index is 2.36. The van der Waals surface area contributed by atoms with Crippen molar-refractivity contribution in [3.05, 3.63) is 29.3 Å². The Bertz CT molecular complexity index is 659. The lowest BCUT2D eigenvalue weighted by Crippen LogP contribution is -2.49. The molecule has 0 aromatic heterocycles. The van der Waals surface area contributed by atoms with Crippen molar-refractivity contribution in [2.24, 2.45) is 5.92 Å². The molecule has 2 rings (SSSR count). The molecule has 1 fully saturated rings. The third-order valence-electron chi connectivity index (χ3n) is 4.20. The normalized spacial score (nSPS) is 19.4. The van der Waals surface area contributed by atoms with E-state index in [4.69, 9.17) is 11.6 Å². The van der Waals surface area contributed by atoms with Gasteiger partial charge in [0.2, 0.25) is 15.9 Å². The van der Waals surface area contributed by atoms with E-state index in [9.17, 15) is 13.2 Å². The van der Waals surface area contributed by atoms with Gasteiger partial charge in [0.1, 0.15) is 6.04 Å². The monoisotopic (exact) mass is 372 g/mol. The van der Waals surface area contributed by atoms with Crippen LogP contribution in [0.15, 0.2) is 29.2 Å². The number of benzene rings is 1. The van der Waals surface area contributed by atoms with E-state index in [0.29, 0.717) is 36.9 Å². The number of nitrogens with zero attached hydrogens (tertiary/aromatic N) is 1. The second-order valence-electron chi connectivity index (χ2n) is 6.55. The number of hydrogen-bond acceptors (Lipinski definition) is 3. The van der Waals surface area contributed by atoms with Gasteiger partial charge in [0, 0.05) is 18.1 Å². The summed E-state index contributed by atoms with van der Waals surface area (Å²) in [5.74, 6) is 0.149. The van der Waals surface area contributed by atoms with Crippen LogP contribution in [-0.4, -0.2) is 37.8 Å². The van der Waals surface area contributed by atoms with Crippen LogP contribution in [0.3, 0.4) is 0 Å². The maximum atomic E-state index is 13.1. The van der Waals surface area contributed by atoms with Crippen molar-refractivity contribution < 1.29 is 13.2 Å². The molecular formula is C17H25ClN2O3S. The fourth-order valence-corrected chi connectivity index (χ4v) is 4.53. The number of rotatable bonds is 6. The van der Waals surface area contributed by atoms with Crippen molar-refractivity contribution in [1.29, 1.82) is 0 Å². The SMILES string of the molecule is CC(C)CCN(C1CCCCNC1=O)S(=O)(=O)c1ccc(Cl)cc1. The van der Waals surface area contributed by atoms with Gasteiger partial charge < -0.3 is 5.32 Å². The molecule has 0 bridgehead atoms. The highest BCUT2D eigenvalue weighted by atomic mass is 35.5. The molecule has 0 saturated carbocycles. The van der Waals surface area contributed by atoms with Gasteiger partial charge in [0.15, 0.2) is 0 Å². The molecule has 0 spiro atoms. The van der Waals surface area contributed by atoms with Gasteiger partial charge >= 0.3 is 0 Å². The van der Waals surface area contributed by atoms with Crippen LogP contribution in [0.2, 0.25) is 5.02 Å². The summed E-state index contributed by atoms with van der Waals surface area (Å²) in [5.41, 5.74) is 0. The first-order chi connectivity index (χ1) is 11.3. The average Bonchev–Trinajstić information content (AvgIpc) is 2.72. The van der Waals surface area contributed by atoms with E-state index in [1.165, 1.54) is 16.4 Å². The number of carbonyl (C=O) groups excluding carboxylic acids is 1. The molecule has 1 aromatic carbocycles. The molecule has 1 amide bonds.